The second-order valence-corrected chi connectivity index (χ2v) is 6.75. The summed E-state index contributed by atoms with van der Waals surface area (Å²) in [7, 11) is 0. The third kappa shape index (κ3) is 3.51. The molecule has 0 saturated carbocycles. The van der Waals surface area contributed by atoms with Crippen LogP contribution in [-0.4, -0.2) is 10.9 Å². The minimum atomic E-state index is -0.241. The van der Waals surface area contributed by atoms with Gasteiger partial charge in [0.05, 0.1) is 10.7 Å². The second kappa shape index (κ2) is 6.93. The Hall–Kier alpha value is -2.53. The molecule has 3 nitrogen and oxygen atoms in total. The van der Waals surface area contributed by atoms with Crippen LogP contribution >= 0.6 is 11.3 Å². The number of halogens is 1. The van der Waals surface area contributed by atoms with E-state index in [9.17, 15) is 9.18 Å². The van der Waals surface area contributed by atoms with Crippen LogP contribution in [0.2, 0.25) is 0 Å². The van der Waals surface area contributed by atoms with Gasteiger partial charge in [-0.2, -0.15) is 0 Å². The SMILES string of the molecule is Cc1nc(-c2ccccc2)c(C(=O)NCc2ccc(F)c(C)c2)s1. The molecule has 0 aliphatic heterocycles. The first kappa shape index (κ1) is 16.3. The highest BCUT2D eigenvalue weighted by molar-refractivity contribution is 7.14. The van der Waals surface area contributed by atoms with Crippen LogP contribution in [0.15, 0.2) is 48.5 Å². The van der Waals surface area contributed by atoms with Crippen LogP contribution in [0.4, 0.5) is 4.39 Å². The van der Waals surface area contributed by atoms with Gasteiger partial charge in [-0.15, -0.1) is 11.3 Å². The normalized spacial score (nSPS) is 10.6. The molecule has 24 heavy (non-hydrogen) atoms. The smallest absolute Gasteiger partial charge is 0.263 e. The minimum Gasteiger partial charge on any atom is -0.347 e. The number of benzene rings is 2. The highest BCUT2D eigenvalue weighted by atomic mass is 32.1. The van der Waals surface area contributed by atoms with E-state index in [0.717, 1.165) is 16.1 Å². The van der Waals surface area contributed by atoms with Gasteiger partial charge in [0.25, 0.3) is 5.91 Å². The molecule has 0 aliphatic carbocycles. The van der Waals surface area contributed by atoms with Crippen molar-refractivity contribution in [1.82, 2.24) is 10.3 Å². The Morgan fingerprint density at radius 3 is 2.62 bits per heavy atom. The molecule has 1 aromatic heterocycles. The van der Waals surface area contributed by atoms with Crippen LogP contribution in [0.3, 0.4) is 0 Å². The molecular formula is C19H17FN2OS. The quantitative estimate of drug-likeness (QED) is 0.760. The number of aromatic nitrogens is 1. The highest BCUT2D eigenvalue weighted by Crippen LogP contribution is 2.27. The fourth-order valence-corrected chi connectivity index (χ4v) is 3.31. The number of nitrogens with one attached hydrogen (secondary N) is 1. The van der Waals surface area contributed by atoms with E-state index >= 15 is 0 Å². The summed E-state index contributed by atoms with van der Waals surface area (Å²) in [5.74, 6) is -0.407. The molecule has 0 fully saturated rings. The van der Waals surface area contributed by atoms with Crippen LogP contribution in [0.5, 0.6) is 0 Å². The number of hydrogen-bond donors (Lipinski definition) is 1. The first-order valence-electron chi connectivity index (χ1n) is 7.60. The van der Waals surface area contributed by atoms with Crippen molar-refractivity contribution in [2.75, 3.05) is 0 Å². The fourth-order valence-electron chi connectivity index (χ4n) is 2.45. The predicted octanol–water partition coefficient (Wildman–Crippen LogP) is 4.50. The van der Waals surface area contributed by atoms with Crippen molar-refractivity contribution in [2.24, 2.45) is 0 Å². The zero-order valence-electron chi connectivity index (χ0n) is 13.5. The van der Waals surface area contributed by atoms with Gasteiger partial charge in [0.1, 0.15) is 10.7 Å². The van der Waals surface area contributed by atoms with E-state index in [1.807, 2.05) is 37.3 Å². The van der Waals surface area contributed by atoms with Crippen LogP contribution in [0.1, 0.15) is 25.8 Å². The van der Waals surface area contributed by atoms with Crippen molar-refractivity contribution in [2.45, 2.75) is 20.4 Å². The Morgan fingerprint density at radius 1 is 1.17 bits per heavy atom. The zero-order chi connectivity index (χ0) is 17.1. The number of rotatable bonds is 4. The van der Waals surface area contributed by atoms with Gasteiger partial charge in [0.2, 0.25) is 0 Å². The van der Waals surface area contributed by atoms with Gasteiger partial charge in [0.15, 0.2) is 0 Å². The first-order valence-corrected chi connectivity index (χ1v) is 8.42. The fraction of sp³-hybridized carbons (Fsp3) is 0.158. The predicted molar refractivity (Wildman–Crippen MR) is 94.6 cm³/mol. The van der Waals surface area contributed by atoms with Gasteiger partial charge < -0.3 is 5.32 Å². The summed E-state index contributed by atoms with van der Waals surface area (Å²) in [5, 5.41) is 3.74. The van der Waals surface area contributed by atoms with Crippen molar-refractivity contribution in [3.8, 4) is 11.3 Å². The van der Waals surface area contributed by atoms with E-state index in [-0.39, 0.29) is 11.7 Å². The summed E-state index contributed by atoms with van der Waals surface area (Å²) in [6, 6.07) is 14.5. The number of hydrogen-bond acceptors (Lipinski definition) is 3. The minimum absolute atomic E-state index is 0.165. The summed E-state index contributed by atoms with van der Waals surface area (Å²) < 4.78 is 13.3. The van der Waals surface area contributed by atoms with Crippen molar-refractivity contribution in [3.63, 3.8) is 0 Å². The number of thiazole rings is 1. The number of aryl methyl sites for hydroxylation is 2. The number of carbonyl (C=O) groups is 1. The van der Waals surface area contributed by atoms with Crippen LogP contribution in [-0.2, 0) is 6.54 Å². The second-order valence-electron chi connectivity index (χ2n) is 5.54. The largest absolute Gasteiger partial charge is 0.347 e. The molecule has 0 saturated heterocycles. The molecule has 0 radical (unpaired) electrons. The molecular weight excluding hydrogens is 323 g/mol. The van der Waals surface area contributed by atoms with E-state index in [0.29, 0.717) is 22.7 Å². The van der Waals surface area contributed by atoms with E-state index in [1.165, 1.54) is 17.4 Å². The molecule has 2 aromatic carbocycles. The maximum Gasteiger partial charge on any atom is 0.263 e. The van der Waals surface area contributed by atoms with E-state index in [2.05, 4.69) is 10.3 Å². The molecule has 0 spiro atoms. The lowest BCUT2D eigenvalue weighted by molar-refractivity contribution is 0.0955. The summed E-state index contributed by atoms with van der Waals surface area (Å²) in [6.45, 7) is 3.95. The van der Waals surface area contributed by atoms with Gasteiger partial charge in [-0.1, -0.05) is 42.5 Å². The van der Waals surface area contributed by atoms with Crippen LogP contribution in [0.25, 0.3) is 11.3 Å². The Morgan fingerprint density at radius 2 is 1.92 bits per heavy atom. The van der Waals surface area contributed by atoms with Gasteiger partial charge in [-0.05, 0) is 31.0 Å². The lowest BCUT2D eigenvalue weighted by Crippen LogP contribution is -2.22. The van der Waals surface area contributed by atoms with Crippen molar-refractivity contribution < 1.29 is 9.18 Å². The van der Waals surface area contributed by atoms with Crippen molar-refractivity contribution >= 4 is 17.2 Å². The third-order valence-corrected chi connectivity index (χ3v) is 4.63. The maximum absolute atomic E-state index is 13.3. The summed E-state index contributed by atoms with van der Waals surface area (Å²) in [4.78, 5) is 17.6. The molecule has 1 heterocycles. The first-order chi connectivity index (χ1) is 11.5. The Balaban J connectivity index is 1.79. The van der Waals surface area contributed by atoms with Crippen LogP contribution in [0, 0.1) is 19.7 Å². The molecule has 5 heteroatoms. The molecule has 122 valence electrons. The third-order valence-electron chi connectivity index (χ3n) is 3.66. The van der Waals surface area contributed by atoms with E-state index in [1.54, 1.807) is 19.1 Å². The summed E-state index contributed by atoms with van der Waals surface area (Å²) in [6.07, 6.45) is 0. The summed E-state index contributed by atoms with van der Waals surface area (Å²) in [5.41, 5.74) is 3.06. The standard InChI is InChI=1S/C19H17FN2OS/c1-12-10-14(8-9-16(12)20)11-21-19(23)18-17(22-13(2)24-18)15-6-4-3-5-7-15/h3-10H,11H2,1-2H3,(H,21,23). The average Bonchev–Trinajstić information content (AvgIpc) is 2.98. The van der Waals surface area contributed by atoms with Gasteiger partial charge in [-0.3, -0.25) is 4.79 Å². The Labute approximate surface area is 144 Å². The lowest BCUT2D eigenvalue weighted by atomic mass is 10.1. The number of carbonyl (C=O) groups excluding carboxylic acids is 1. The molecule has 3 aromatic rings. The Bertz CT molecular complexity index is 874. The molecule has 0 atom stereocenters. The molecule has 1 amide bonds. The van der Waals surface area contributed by atoms with Gasteiger partial charge in [0, 0.05) is 12.1 Å². The van der Waals surface area contributed by atoms with Crippen molar-refractivity contribution in [1.29, 1.82) is 0 Å². The highest BCUT2D eigenvalue weighted by Gasteiger charge is 2.17. The molecule has 1 N–H and O–H groups in total. The summed E-state index contributed by atoms with van der Waals surface area (Å²) >= 11 is 1.37. The monoisotopic (exact) mass is 340 g/mol. The molecule has 3 rings (SSSR count). The van der Waals surface area contributed by atoms with E-state index in [4.69, 9.17) is 0 Å². The van der Waals surface area contributed by atoms with Gasteiger partial charge >= 0.3 is 0 Å². The molecule has 0 bridgehead atoms. The topological polar surface area (TPSA) is 42.0 Å². The molecule has 0 aliphatic rings. The van der Waals surface area contributed by atoms with Crippen molar-refractivity contribution in [3.05, 3.63) is 75.4 Å². The average molecular weight is 340 g/mol. The molecule has 0 unspecified atom stereocenters. The Kier molecular flexibility index (Phi) is 4.71. The lowest BCUT2D eigenvalue weighted by Gasteiger charge is -2.07. The zero-order valence-corrected chi connectivity index (χ0v) is 14.3. The maximum atomic E-state index is 13.3. The number of nitrogens with zero attached hydrogens (tertiary/aromatic N) is 1. The number of amides is 1. The van der Waals surface area contributed by atoms with Crippen LogP contribution < -0.4 is 5.32 Å². The van der Waals surface area contributed by atoms with E-state index < -0.39 is 0 Å². The van der Waals surface area contributed by atoms with Gasteiger partial charge in [-0.25, -0.2) is 9.37 Å².